The molecule has 3 saturated heterocycles. The van der Waals surface area contributed by atoms with E-state index in [-0.39, 0.29) is 92.7 Å². The van der Waals surface area contributed by atoms with Gasteiger partial charge in [0.05, 0.1) is 6.54 Å². The summed E-state index contributed by atoms with van der Waals surface area (Å²) in [5, 5.41) is 45.5. The van der Waals surface area contributed by atoms with Gasteiger partial charge in [-0.2, -0.15) is 0 Å². The molecule has 3 fully saturated rings. The molecule has 3 aliphatic rings. The minimum atomic E-state index is -1.16. The summed E-state index contributed by atoms with van der Waals surface area (Å²) in [4.78, 5) is 116. The quantitative estimate of drug-likeness (QED) is 0.0611. The summed E-state index contributed by atoms with van der Waals surface area (Å²) in [6.07, 6.45) is -0.434. The predicted octanol–water partition coefficient (Wildman–Crippen LogP) is 3.92. The summed E-state index contributed by atoms with van der Waals surface area (Å²) >= 11 is 0. The van der Waals surface area contributed by atoms with E-state index in [1.165, 1.54) is 4.90 Å². The first-order chi connectivity index (χ1) is 44.3. The Morgan fingerprint density at radius 3 is 1.16 bits per heavy atom. The van der Waals surface area contributed by atoms with Crippen LogP contribution in [0.15, 0.2) is 99.8 Å². The molecular formula is C63H91ClN14O17. The lowest BCUT2D eigenvalue weighted by atomic mass is 10.1. The SMILES string of the molecule is CC(C)(C)OC(=O)NCC(=O)N1C[C@H](NC(=O)c2ccccc2)C[C@H]1C(=O)O.CO.COC(C)(OC)N(C)C.Cc1nnc([C@@H]2C[C@@H](NC(=O)c3ccccc3)CN2C(=O)CN)o1.Cc1nnc([C@@H]2C[C@@H](NC(=O)c3ccccc3)CN2C(=O)CNC(=O)OC(C)(C)C)o1.Cl. The van der Waals surface area contributed by atoms with E-state index < -0.39 is 65.8 Å². The molecule has 0 spiro atoms. The Morgan fingerprint density at radius 2 is 0.874 bits per heavy atom. The van der Waals surface area contributed by atoms with Crippen LogP contribution in [-0.2, 0) is 38.1 Å². The molecule has 2 aromatic heterocycles. The number of methoxy groups -OCH3 is 2. The fourth-order valence-electron chi connectivity index (χ4n) is 9.51. The number of rotatable bonds is 17. The summed E-state index contributed by atoms with van der Waals surface area (Å²) < 4.78 is 31.3. The smallest absolute Gasteiger partial charge is 0.408 e. The number of amides is 8. The molecule has 9 N–H and O–H groups in total. The molecule has 95 heavy (non-hydrogen) atoms. The Balaban J connectivity index is 0.000000344. The van der Waals surface area contributed by atoms with E-state index in [1.54, 1.807) is 153 Å². The largest absolute Gasteiger partial charge is 0.480 e. The van der Waals surface area contributed by atoms with Crippen molar-refractivity contribution in [3.63, 3.8) is 0 Å². The van der Waals surface area contributed by atoms with Gasteiger partial charge >= 0.3 is 18.2 Å². The number of alkyl carbamates (subject to hydrolysis) is 2. The molecule has 6 atom stereocenters. The molecule has 5 heterocycles. The Kier molecular flexibility index (Phi) is 31.8. The first-order valence-electron chi connectivity index (χ1n) is 30.0. The van der Waals surface area contributed by atoms with Crippen LogP contribution in [0.25, 0.3) is 0 Å². The lowest BCUT2D eigenvalue weighted by Crippen LogP contribution is -2.46. The van der Waals surface area contributed by atoms with E-state index in [2.05, 4.69) is 47.0 Å². The van der Waals surface area contributed by atoms with Gasteiger partial charge in [0.2, 0.25) is 47.2 Å². The molecule has 0 aliphatic carbocycles. The lowest BCUT2D eigenvalue weighted by Gasteiger charge is -2.32. The number of carboxylic acids is 1. The molecule has 31 nitrogen and oxygen atoms in total. The van der Waals surface area contributed by atoms with Gasteiger partial charge in [-0.25, -0.2) is 14.4 Å². The van der Waals surface area contributed by atoms with Crippen LogP contribution in [0.5, 0.6) is 0 Å². The molecule has 0 radical (unpaired) electrons. The molecule has 0 unspecified atom stereocenters. The maximum atomic E-state index is 12.9. The normalized spacial score (nSPS) is 18.0. The lowest BCUT2D eigenvalue weighted by molar-refractivity contribution is -0.270. The highest BCUT2D eigenvalue weighted by Gasteiger charge is 2.43. The number of aliphatic carboxylic acids is 1. The number of aryl methyl sites for hydroxylation is 2. The summed E-state index contributed by atoms with van der Waals surface area (Å²) in [5.41, 5.74) is 5.67. The number of halogens is 1. The fraction of sp³-hybridized carbons (Fsp3) is 0.508. The van der Waals surface area contributed by atoms with E-state index >= 15 is 0 Å². The minimum Gasteiger partial charge on any atom is -0.480 e. The topological polar surface area (TPSA) is 408 Å². The minimum absolute atomic E-state index is 0. The zero-order chi connectivity index (χ0) is 70.1. The van der Waals surface area contributed by atoms with Crippen molar-refractivity contribution in [1.29, 1.82) is 0 Å². The number of aromatic nitrogens is 4. The Morgan fingerprint density at radius 1 is 0.547 bits per heavy atom. The van der Waals surface area contributed by atoms with Crippen LogP contribution >= 0.6 is 12.4 Å². The zero-order valence-electron chi connectivity index (χ0n) is 56.1. The van der Waals surface area contributed by atoms with Crippen molar-refractivity contribution in [3.05, 3.63) is 131 Å². The highest BCUT2D eigenvalue weighted by molar-refractivity contribution is 5.96. The van der Waals surface area contributed by atoms with Gasteiger partial charge in [0, 0.05) is 103 Å². The van der Waals surface area contributed by atoms with Gasteiger partial charge in [0.25, 0.3) is 17.7 Å². The molecule has 0 saturated carbocycles. The average Bonchev–Trinajstić information content (AvgIpc) is 1.70. The van der Waals surface area contributed by atoms with Gasteiger partial charge in [-0.05, 0) is 105 Å². The molecule has 5 aromatic rings. The number of hydrogen-bond acceptors (Lipinski definition) is 22. The van der Waals surface area contributed by atoms with E-state index in [0.717, 1.165) is 12.0 Å². The number of ether oxygens (including phenoxy) is 4. The van der Waals surface area contributed by atoms with Crippen LogP contribution in [0.1, 0.15) is 134 Å². The van der Waals surface area contributed by atoms with Crippen LogP contribution in [0, 0.1) is 13.8 Å². The molecule has 3 aliphatic heterocycles. The number of nitrogens with zero attached hydrogens (tertiary/aromatic N) is 8. The molecule has 3 aromatic carbocycles. The van der Waals surface area contributed by atoms with Crippen LogP contribution in [0.2, 0.25) is 0 Å². The second-order valence-corrected chi connectivity index (χ2v) is 23.8. The van der Waals surface area contributed by atoms with E-state index in [4.69, 9.17) is 38.6 Å². The zero-order valence-corrected chi connectivity index (χ0v) is 56.9. The fourth-order valence-corrected chi connectivity index (χ4v) is 9.51. The van der Waals surface area contributed by atoms with Gasteiger partial charge < -0.3 is 85.0 Å². The number of nitrogens with one attached hydrogen (secondary N) is 5. The number of nitrogens with two attached hydrogens (primary N) is 1. The van der Waals surface area contributed by atoms with Crippen molar-refractivity contribution < 1.29 is 81.1 Å². The Labute approximate surface area is 558 Å². The van der Waals surface area contributed by atoms with Crippen molar-refractivity contribution in [2.45, 2.75) is 135 Å². The standard InChI is InChI=1S/C21H27N5O5.C19H25N3O6.C16H19N5O3.C6H15NO2.CH4O.ClH/c1-13-24-25-19(30-13)16-10-15(23-18(28)14-8-6-5-7-9-14)12-26(16)17(27)11-22-20(29)31-21(2,3)4;1-19(2,3)28-18(27)20-10-15(23)22-11-13(9-14(22)17(25)26)21-16(24)12-7-5-4-6-8-12;1-10-19-20-16(24-10)13-7-12(9-21(13)14(22)8-17)18-15(23)11-5-3-2-4-6-11;1-6(8-4,9-5)7(2)3;1-2;/h5-9,15-16H,10-12H2,1-4H3,(H,22,29)(H,23,28);4-8,13-14H,9-11H2,1-3H3,(H,20,27)(H,21,24)(H,25,26);2-6,12-13H,7-9,17H2,1H3,(H,18,23);1-5H3;2H,1H3;1H/t15-,16+;13-,14+;12-,13+;;;/m111.../s1. The van der Waals surface area contributed by atoms with Crippen molar-refractivity contribution in [2.75, 3.05) is 74.7 Å². The molecule has 0 bridgehead atoms. The van der Waals surface area contributed by atoms with Crippen molar-refractivity contribution in [3.8, 4) is 0 Å². The summed E-state index contributed by atoms with van der Waals surface area (Å²) in [6.45, 7) is 15.4. The maximum Gasteiger partial charge on any atom is 0.408 e. The van der Waals surface area contributed by atoms with E-state index in [1.807, 2.05) is 38.1 Å². The van der Waals surface area contributed by atoms with Gasteiger partial charge in [-0.1, -0.05) is 54.6 Å². The van der Waals surface area contributed by atoms with Gasteiger partial charge in [0.1, 0.15) is 42.4 Å². The summed E-state index contributed by atoms with van der Waals surface area (Å²) in [6, 6.07) is 23.3. The van der Waals surface area contributed by atoms with Crippen LogP contribution < -0.4 is 32.3 Å². The number of carbonyl (C=O) groups is 9. The first-order valence-corrected chi connectivity index (χ1v) is 30.0. The highest BCUT2D eigenvalue weighted by atomic mass is 35.5. The molecular weight excluding hydrogens is 1260 g/mol. The number of carboxylic acid groups (broad SMARTS) is 1. The average molecular weight is 1350 g/mol. The number of likely N-dealkylation sites (tertiary alicyclic amines) is 3. The number of aliphatic hydroxyl groups excluding tert-OH is 1. The number of benzene rings is 3. The van der Waals surface area contributed by atoms with Crippen LogP contribution in [0.4, 0.5) is 9.59 Å². The second kappa shape index (κ2) is 37.7. The van der Waals surface area contributed by atoms with Crippen LogP contribution in [0.3, 0.4) is 0 Å². The maximum absolute atomic E-state index is 12.9. The van der Waals surface area contributed by atoms with Crippen LogP contribution in [-0.4, -0.2) is 220 Å². The summed E-state index contributed by atoms with van der Waals surface area (Å²) in [7, 11) is 8.02. The van der Waals surface area contributed by atoms with E-state index in [0.29, 0.717) is 59.6 Å². The Hall–Kier alpha value is -9.14. The van der Waals surface area contributed by atoms with Crippen molar-refractivity contribution >= 4 is 66.0 Å². The third kappa shape index (κ3) is 25.6. The predicted molar refractivity (Wildman–Crippen MR) is 346 cm³/mol. The Bertz CT molecular complexity index is 3270. The number of carbonyl (C=O) groups excluding carboxylic acids is 8. The van der Waals surface area contributed by atoms with Gasteiger partial charge in [-0.15, -0.1) is 32.8 Å². The highest BCUT2D eigenvalue weighted by Crippen LogP contribution is 2.33. The third-order valence-electron chi connectivity index (χ3n) is 14.2. The first kappa shape index (κ1) is 80.1. The van der Waals surface area contributed by atoms with Gasteiger partial charge in [-0.3, -0.25) is 33.7 Å². The van der Waals surface area contributed by atoms with E-state index in [9.17, 15) is 48.3 Å². The van der Waals surface area contributed by atoms with Crippen molar-refractivity contribution in [2.24, 2.45) is 5.73 Å². The van der Waals surface area contributed by atoms with Crippen molar-refractivity contribution in [1.82, 2.24) is 66.6 Å². The molecule has 8 amide bonds. The third-order valence-corrected chi connectivity index (χ3v) is 14.2. The molecule has 8 rings (SSSR count). The monoisotopic (exact) mass is 1350 g/mol. The molecule has 32 heteroatoms. The number of hydrogen-bond donors (Lipinski definition) is 8. The van der Waals surface area contributed by atoms with Gasteiger partial charge in [0.15, 0.2) is 0 Å². The second-order valence-electron chi connectivity index (χ2n) is 23.8. The molecule has 522 valence electrons. The number of aliphatic hydroxyl groups is 1. The summed E-state index contributed by atoms with van der Waals surface area (Å²) in [5.74, 6) is -2.14.